The van der Waals surface area contributed by atoms with Crippen LogP contribution in [-0.2, 0) is 58.4 Å². The molecule has 21 rings (SSSR count). The first-order valence-corrected chi connectivity index (χ1v) is 51.1. The molecule has 0 amide bonds. The predicted molar refractivity (Wildman–Crippen MR) is 562 cm³/mol. The van der Waals surface area contributed by atoms with E-state index in [0.29, 0.717) is 6.54 Å². The molecule has 31 heteroatoms. The highest BCUT2D eigenvalue weighted by Crippen LogP contribution is 2.36. The van der Waals surface area contributed by atoms with E-state index < -0.39 is 0 Å². The molecule has 0 bridgehead atoms. The topological polar surface area (TPSA) is 263 Å². The first kappa shape index (κ1) is 103. The molecule has 748 valence electrons. The van der Waals surface area contributed by atoms with Crippen LogP contribution in [0.5, 0.6) is 0 Å². The van der Waals surface area contributed by atoms with Crippen LogP contribution >= 0.6 is 0 Å². The molecule has 9 aromatic carbocycles. The van der Waals surface area contributed by atoms with Gasteiger partial charge in [-0.25, -0.2) is 23.4 Å². The second-order valence-electron chi connectivity index (χ2n) is 38.8. The highest BCUT2D eigenvalue weighted by Gasteiger charge is 2.38. The molecule has 6 fully saturated rings. The molecule has 0 N–H and O–H groups in total. The van der Waals surface area contributed by atoms with Gasteiger partial charge in [-0.15, -0.1) is 25.5 Å². The summed E-state index contributed by atoms with van der Waals surface area (Å²) in [6.07, 6.45) is 14.4. The second-order valence-corrected chi connectivity index (χ2v) is 38.8. The van der Waals surface area contributed by atoms with Gasteiger partial charge in [0.2, 0.25) is 0 Å². The highest BCUT2D eigenvalue weighted by atomic mass is 15.6. The van der Waals surface area contributed by atoms with Gasteiger partial charge in [-0.2, -0.15) is 0 Å². The van der Waals surface area contributed by atoms with Crippen molar-refractivity contribution in [2.24, 2.45) is 0 Å². The lowest BCUT2D eigenvalue weighted by atomic mass is 9.93. The molecule has 11 heterocycles. The Morgan fingerprint density at radius 2 is 0.497 bits per heavy atom. The fourth-order valence-electron chi connectivity index (χ4n) is 20.2. The van der Waals surface area contributed by atoms with Crippen molar-refractivity contribution >= 4 is 0 Å². The summed E-state index contributed by atoms with van der Waals surface area (Å²) in [5.74, 6) is 4.63. The van der Waals surface area contributed by atoms with Crippen LogP contribution in [0.4, 0.5) is 0 Å². The van der Waals surface area contributed by atoms with Gasteiger partial charge in [0.15, 0.2) is 29.1 Å². The number of pyridine rings is 1. The number of benzene rings is 9. The standard InChI is InChI=1S/C27H36N6.C22H28N6.2C21H26N6.C20H25N7.CH4/c1-22-12-14-24(15-13-22)26(32-20-18-31(19-21-32)25-10-6-3-7-11-25)27-28-29-30-33(27)17-16-23-8-4-2-5-9-23;1-18-8-10-20(11-9-18)21(27-16-14-26(2)15-17-27)22-23-24-25-28(22)13-12-19-6-4-3-5-7-19;1-17-8-10-19(11-9-17)20(26-14-12-25(2)13-15-26)21-22-23-24-27(21)16-18-6-4-3-5-7-18;1-25-14-16-26(17-15-25)20(19-10-6-3-7-11-19)21-22-23-24-27(21)13-12-18-8-4-2-5-9-18;1-25-12-14-26(15-13-25)19(18-8-5-10-21-16-18)20-22-23-24-27(20)11-9-17-6-3-2-4-7-17;/h2,4-5,8-9,12-15,25-26H,3,6-7,10-11,16-21H2,1H3;3-11,21H,12-17H2,1-2H3;3-11,20H,12-16H2,1-2H3;2-11,20H,12-17H2,1H3;2-8,10,16,19H,9,11-15H2,1H3;1H4. The van der Waals surface area contributed by atoms with Gasteiger partial charge < -0.3 is 19.6 Å². The third-order valence-corrected chi connectivity index (χ3v) is 28.7. The molecule has 1 aliphatic carbocycles. The Morgan fingerprint density at radius 1 is 0.252 bits per heavy atom. The Morgan fingerprint density at radius 3 is 0.783 bits per heavy atom. The molecule has 143 heavy (non-hydrogen) atoms. The summed E-state index contributed by atoms with van der Waals surface area (Å²) >= 11 is 0. The van der Waals surface area contributed by atoms with Crippen LogP contribution in [0.3, 0.4) is 0 Å². The van der Waals surface area contributed by atoms with E-state index in [2.05, 4.69) is 417 Å². The molecular weight excluding hydrogens is 1780 g/mol. The van der Waals surface area contributed by atoms with Crippen molar-refractivity contribution in [2.75, 3.05) is 159 Å². The number of rotatable bonds is 30. The van der Waals surface area contributed by atoms with E-state index in [9.17, 15) is 0 Å². The second kappa shape index (κ2) is 52.9. The molecule has 5 atom stereocenters. The third kappa shape index (κ3) is 28.8. The molecule has 31 nitrogen and oxygen atoms in total. The van der Waals surface area contributed by atoms with E-state index in [-0.39, 0.29) is 37.6 Å². The molecule has 5 unspecified atom stereocenters. The summed E-state index contributed by atoms with van der Waals surface area (Å²) in [6.45, 7) is 31.1. The zero-order valence-corrected chi connectivity index (χ0v) is 83.9. The van der Waals surface area contributed by atoms with Crippen molar-refractivity contribution in [2.45, 2.75) is 155 Å². The van der Waals surface area contributed by atoms with E-state index in [4.69, 9.17) is 0 Å². The maximum absolute atomic E-state index is 4.56. The Labute approximate surface area is 844 Å². The summed E-state index contributed by atoms with van der Waals surface area (Å²) in [7, 11) is 8.71. The van der Waals surface area contributed by atoms with Crippen molar-refractivity contribution < 1.29 is 0 Å². The van der Waals surface area contributed by atoms with E-state index in [1.54, 1.807) is 0 Å². The van der Waals surface area contributed by atoms with Gasteiger partial charge in [-0.3, -0.25) is 34.4 Å². The van der Waals surface area contributed by atoms with E-state index in [1.807, 2.05) is 66.1 Å². The average Bonchev–Trinajstić information content (AvgIpc) is 1.77. The van der Waals surface area contributed by atoms with Crippen LogP contribution in [0.2, 0.25) is 0 Å². The van der Waals surface area contributed by atoms with Crippen LogP contribution in [0.25, 0.3) is 0 Å². The number of nitrogens with zero attached hydrogens (tertiary/aromatic N) is 31. The molecule has 5 aliphatic heterocycles. The lowest BCUT2D eigenvalue weighted by Gasteiger charge is -2.43. The van der Waals surface area contributed by atoms with E-state index in [1.165, 1.54) is 98.9 Å². The Kier molecular flexibility index (Phi) is 38.1. The first-order valence-electron chi connectivity index (χ1n) is 51.1. The zero-order valence-electron chi connectivity index (χ0n) is 83.9. The summed E-state index contributed by atoms with van der Waals surface area (Å²) in [4.78, 5) is 29.1. The third-order valence-electron chi connectivity index (χ3n) is 28.7. The number of tetrazole rings is 5. The van der Waals surface area contributed by atoms with Gasteiger partial charge in [0, 0.05) is 176 Å². The normalized spacial score (nSPS) is 17.5. The molecule has 15 aromatic rings. The number of aryl methyl sites for hydroxylation is 11. The number of piperazine rings is 5. The summed E-state index contributed by atoms with van der Waals surface area (Å²) < 4.78 is 9.87. The molecule has 6 aromatic heterocycles. The number of likely N-dealkylation sites (N-methyl/N-ethyl adjacent to an activating group) is 4. The molecule has 6 aliphatic rings. The fourth-order valence-corrected chi connectivity index (χ4v) is 20.2. The van der Waals surface area contributed by atoms with Crippen molar-refractivity contribution in [3.8, 4) is 0 Å². The van der Waals surface area contributed by atoms with Crippen LogP contribution in [0.15, 0.2) is 279 Å². The summed E-state index contributed by atoms with van der Waals surface area (Å²) in [6, 6.07) is 94.7. The minimum Gasteiger partial charge on any atom is -0.304 e. The Balaban J connectivity index is 0.000000128. The smallest absolute Gasteiger partial charge is 0.173 e. The lowest BCUT2D eigenvalue weighted by Crippen LogP contribution is -2.52. The Bertz CT molecular complexity index is 5940. The van der Waals surface area contributed by atoms with Gasteiger partial charge in [0.1, 0.15) is 0 Å². The van der Waals surface area contributed by atoms with Crippen LogP contribution < -0.4 is 0 Å². The van der Waals surface area contributed by atoms with Gasteiger partial charge in [-0.1, -0.05) is 304 Å². The van der Waals surface area contributed by atoms with Crippen LogP contribution in [0, 0.1) is 20.8 Å². The summed E-state index contributed by atoms with van der Waals surface area (Å²) in [5.41, 5.74) is 16.4. The average molecular weight is 1930 g/mol. The Hall–Kier alpha value is -12.9. The molecule has 0 radical (unpaired) electrons. The van der Waals surface area contributed by atoms with Gasteiger partial charge in [-0.05, 0) is 201 Å². The van der Waals surface area contributed by atoms with Gasteiger partial charge in [0.05, 0.1) is 36.8 Å². The quantitative estimate of drug-likeness (QED) is 0.0405. The van der Waals surface area contributed by atoms with Crippen molar-refractivity contribution in [3.63, 3.8) is 0 Å². The lowest BCUT2D eigenvalue weighted by molar-refractivity contribution is 0.0619. The van der Waals surface area contributed by atoms with Gasteiger partial charge in [0.25, 0.3) is 0 Å². The molecule has 0 spiro atoms. The SMILES string of the molecule is C.CN1CCN(C(c2ccccc2)c2nnnn2CCc2ccccc2)CC1.CN1CCN(C(c2cccnc2)c2nnnn2CCc2ccccc2)CC1.Cc1ccc(C(c2nnnn2CCc2ccccc2)N2CCN(C)CC2)cc1.Cc1ccc(C(c2nnnn2CCc2ccccc2)N2CCN(C3CCCCC3)CC2)cc1.Cc1ccc(C(c2nnnn2Cc2ccccc2)N2CCN(C)CC2)cc1. The maximum Gasteiger partial charge on any atom is 0.173 e. The van der Waals surface area contributed by atoms with Crippen molar-refractivity contribution in [3.05, 3.63) is 381 Å². The van der Waals surface area contributed by atoms with E-state index >= 15 is 0 Å². The fraction of sp³-hybridized carbons (Fsp3) is 0.429. The monoisotopic (exact) mass is 1920 g/mol. The number of aromatic nitrogens is 21. The largest absolute Gasteiger partial charge is 0.304 e. The molecule has 5 saturated heterocycles. The van der Waals surface area contributed by atoms with Crippen LogP contribution in [-0.4, -0.2) is 320 Å². The minimum atomic E-state index is 0. The number of hydrogen-bond acceptors (Lipinski definition) is 26. The van der Waals surface area contributed by atoms with Gasteiger partial charge >= 0.3 is 0 Å². The molecule has 1 saturated carbocycles. The maximum atomic E-state index is 4.56. The van der Waals surface area contributed by atoms with Crippen molar-refractivity contribution in [1.29, 1.82) is 0 Å². The highest BCUT2D eigenvalue weighted by molar-refractivity contribution is 5.34. The first-order chi connectivity index (χ1) is 69.8. The van der Waals surface area contributed by atoms with Crippen LogP contribution in [0.1, 0.15) is 171 Å². The zero-order chi connectivity index (χ0) is 97.4. The number of hydrogen-bond donors (Lipinski definition) is 0. The van der Waals surface area contributed by atoms with Crippen molar-refractivity contribution in [1.82, 2.24) is 155 Å². The predicted octanol–water partition coefficient (Wildman–Crippen LogP) is 13.7. The minimum absolute atomic E-state index is 0. The molecular formula is C112H145N31. The van der Waals surface area contributed by atoms with E-state index in [0.717, 1.165) is 223 Å². The summed E-state index contributed by atoms with van der Waals surface area (Å²) in [5, 5.41) is 64.1.